The Kier molecular flexibility index (Phi) is 8.11. The van der Waals surface area contributed by atoms with Gasteiger partial charge >= 0.3 is 0 Å². The normalized spacial score (nSPS) is 13.1. The van der Waals surface area contributed by atoms with Crippen molar-refractivity contribution in [3.63, 3.8) is 0 Å². The number of hydrogen-bond acceptors (Lipinski definition) is 0. The highest BCUT2D eigenvalue weighted by molar-refractivity contribution is 4.60. The summed E-state index contributed by atoms with van der Waals surface area (Å²) in [5, 5.41) is 0. The zero-order valence-corrected chi connectivity index (χ0v) is 13.3. The first kappa shape index (κ1) is 17.0. The van der Waals surface area contributed by atoms with Crippen LogP contribution in [0.25, 0.3) is 0 Å². The minimum absolute atomic E-state index is 0.376. The molecule has 0 atom stereocenters. The van der Waals surface area contributed by atoms with Gasteiger partial charge in [0, 0.05) is 0 Å². The predicted octanol–water partition coefficient (Wildman–Crippen LogP) is 5.00. The van der Waals surface area contributed by atoms with Gasteiger partial charge in [-0.2, -0.15) is 0 Å². The van der Waals surface area contributed by atoms with Crippen LogP contribution in [0.2, 0.25) is 0 Å². The second kappa shape index (κ2) is 8.13. The fourth-order valence-corrected chi connectivity index (χ4v) is 1.98. The molecule has 0 heterocycles. The van der Waals surface area contributed by atoms with Crippen molar-refractivity contribution in [1.29, 1.82) is 0 Å². The van der Waals surface area contributed by atoms with Gasteiger partial charge in [-0.05, 0) is 33.6 Å². The molecule has 0 saturated heterocycles. The molecule has 0 radical (unpaired) electrons. The van der Waals surface area contributed by atoms with E-state index < -0.39 is 0 Å². The van der Waals surface area contributed by atoms with E-state index in [1.165, 1.54) is 57.9 Å². The minimum Gasteiger partial charge on any atom is -0.324 e. The topological polar surface area (TPSA) is 0 Å². The van der Waals surface area contributed by atoms with Crippen molar-refractivity contribution in [1.82, 2.24) is 0 Å². The zero-order valence-electron chi connectivity index (χ0n) is 13.3. The lowest BCUT2D eigenvalue weighted by atomic mass is 10.0. The molecule has 0 aliphatic heterocycles. The Morgan fingerprint density at radius 1 is 0.706 bits per heavy atom. The van der Waals surface area contributed by atoms with Crippen molar-refractivity contribution in [2.24, 2.45) is 0 Å². The van der Waals surface area contributed by atoms with E-state index in [0.717, 1.165) is 4.48 Å². The second-order valence-corrected chi connectivity index (χ2v) is 7.05. The first-order valence-electron chi connectivity index (χ1n) is 7.64. The van der Waals surface area contributed by atoms with Gasteiger partial charge in [-0.1, -0.05) is 45.4 Å². The van der Waals surface area contributed by atoms with Crippen LogP contribution in [0.1, 0.15) is 79.1 Å². The van der Waals surface area contributed by atoms with Crippen LogP contribution < -0.4 is 0 Å². The first-order chi connectivity index (χ1) is 7.81. The van der Waals surface area contributed by atoms with Crippen LogP contribution in [0, 0.1) is 0 Å². The van der Waals surface area contributed by atoms with E-state index in [0.29, 0.717) is 5.54 Å². The fourth-order valence-electron chi connectivity index (χ4n) is 1.98. The number of hydrogen-bond donors (Lipinski definition) is 0. The molecule has 0 amide bonds. The van der Waals surface area contributed by atoms with Gasteiger partial charge in [-0.3, -0.25) is 0 Å². The molecule has 0 aliphatic carbocycles. The summed E-state index contributed by atoms with van der Waals surface area (Å²) in [5.74, 6) is 0. The van der Waals surface area contributed by atoms with E-state index in [1.807, 2.05) is 0 Å². The third-order valence-corrected chi connectivity index (χ3v) is 4.39. The van der Waals surface area contributed by atoms with Crippen LogP contribution in [-0.4, -0.2) is 30.7 Å². The first-order valence-corrected chi connectivity index (χ1v) is 7.64. The maximum absolute atomic E-state index is 2.36. The smallest absolute Gasteiger partial charge is 0.0903 e. The molecule has 1 heteroatoms. The highest BCUT2D eigenvalue weighted by atomic mass is 15.4. The summed E-state index contributed by atoms with van der Waals surface area (Å²) < 4.78 is 1.14. The van der Waals surface area contributed by atoms with Gasteiger partial charge in [0.1, 0.15) is 0 Å². The van der Waals surface area contributed by atoms with Gasteiger partial charge in [0.05, 0.1) is 26.2 Å². The molecular formula is C16H36N+. The summed E-state index contributed by atoms with van der Waals surface area (Å²) in [6, 6.07) is 0. The number of unbranched alkanes of at least 4 members (excludes halogenated alkanes) is 7. The quantitative estimate of drug-likeness (QED) is 0.394. The molecule has 0 bridgehead atoms. The molecule has 0 aromatic heterocycles. The molecular weight excluding hydrogens is 206 g/mol. The lowest BCUT2D eigenvalue weighted by molar-refractivity contribution is -0.935. The highest BCUT2D eigenvalue weighted by Gasteiger charge is 2.30. The molecule has 0 fully saturated rings. The summed E-state index contributed by atoms with van der Waals surface area (Å²) in [7, 11) is 4.72. The van der Waals surface area contributed by atoms with Gasteiger partial charge in [0.15, 0.2) is 0 Å². The Labute approximate surface area is 110 Å². The molecule has 1 nitrogen and oxygen atoms in total. The van der Waals surface area contributed by atoms with E-state index in [9.17, 15) is 0 Å². The van der Waals surface area contributed by atoms with E-state index in [2.05, 4.69) is 41.8 Å². The molecule has 0 spiro atoms. The molecule has 0 aromatic rings. The largest absolute Gasteiger partial charge is 0.324 e. The number of rotatable bonds is 9. The van der Waals surface area contributed by atoms with Gasteiger partial charge in [-0.25, -0.2) is 0 Å². The Morgan fingerprint density at radius 3 is 1.53 bits per heavy atom. The number of nitrogens with zero attached hydrogens (tertiary/aromatic N) is 1. The molecule has 0 aliphatic rings. The van der Waals surface area contributed by atoms with Crippen LogP contribution in [0.4, 0.5) is 0 Å². The molecule has 104 valence electrons. The molecule has 17 heavy (non-hydrogen) atoms. The molecule has 0 unspecified atom stereocenters. The van der Waals surface area contributed by atoms with Crippen LogP contribution >= 0.6 is 0 Å². The van der Waals surface area contributed by atoms with Gasteiger partial charge in [-0.15, -0.1) is 0 Å². The predicted molar refractivity (Wildman–Crippen MR) is 79.3 cm³/mol. The monoisotopic (exact) mass is 242 g/mol. The van der Waals surface area contributed by atoms with Crippen LogP contribution in [0.5, 0.6) is 0 Å². The van der Waals surface area contributed by atoms with Crippen molar-refractivity contribution in [2.45, 2.75) is 84.6 Å². The summed E-state index contributed by atoms with van der Waals surface area (Å²) >= 11 is 0. The van der Waals surface area contributed by atoms with Crippen molar-refractivity contribution >= 4 is 0 Å². The van der Waals surface area contributed by atoms with Crippen LogP contribution in [0.15, 0.2) is 0 Å². The zero-order chi connectivity index (χ0) is 13.4. The van der Waals surface area contributed by atoms with E-state index in [4.69, 9.17) is 0 Å². The molecule has 0 aromatic carbocycles. The summed E-state index contributed by atoms with van der Waals surface area (Å²) in [6.07, 6.45) is 11.4. The van der Waals surface area contributed by atoms with Crippen molar-refractivity contribution in [3.05, 3.63) is 0 Å². The summed E-state index contributed by atoms with van der Waals surface area (Å²) in [4.78, 5) is 0. The summed E-state index contributed by atoms with van der Waals surface area (Å²) in [6.45, 7) is 10.6. The molecule has 0 saturated carbocycles. The van der Waals surface area contributed by atoms with E-state index in [-0.39, 0.29) is 0 Å². The SMILES string of the molecule is CCCCCCCCCC[N+](C)(C)C(C)(C)C. The second-order valence-electron chi connectivity index (χ2n) is 7.05. The van der Waals surface area contributed by atoms with Crippen molar-refractivity contribution in [2.75, 3.05) is 20.6 Å². The maximum Gasteiger partial charge on any atom is 0.0903 e. The average Bonchev–Trinajstić information content (AvgIpc) is 2.20. The average molecular weight is 242 g/mol. The maximum atomic E-state index is 2.36. The van der Waals surface area contributed by atoms with Gasteiger partial charge < -0.3 is 4.48 Å². The standard InChI is InChI=1S/C16H36N/c1-7-8-9-10-11-12-13-14-15-17(5,6)16(2,3)4/h7-15H2,1-6H3/q+1. The Bertz CT molecular complexity index is 176. The lowest BCUT2D eigenvalue weighted by Crippen LogP contribution is -2.54. The Morgan fingerprint density at radius 2 is 1.12 bits per heavy atom. The van der Waals surface area contributed by atoms with Crippen LogP contribution in [0.3, 0.4) is 0 Å². The lowest BCUT2D eigenvalue weighted by Gasteiger charge is -2.42. The fraction of sp³-hybridized carbons (Fsp3) is 1.00. The Hall–Kier alpha value is -0.0400. The van der Waals surface area contributed by atoms with Gasteiger partial charge in [0.25, 0.3) is 0 Å². The van der Waals surface area contributed by atoms with E-state index >= 15 is 0 Å². The van der Waals surface area contributed by atoms with E-state index in [1.54, 1.807) is 0 Å². The Balaban J connectivity index is 3.46. The molecule has 0 rings (SSSR count). The molecule has 0 N–H and O–H groups in total. The van der Waals surface area contributed by atoms with Crippen molar-refractivity contribution < 1.29 is 4.48 Å². The van der Waals surface area contributed by atoms with Crippen LogP contribution in [-0.2, 0) is 0 Å². The van der Waals surface area contributed by atoms with Gasteiger partial charge in [0.2, 0.25) is 0 Å². The third-order valence-electron chi connectivity index (χ3n) is 4.39. The third kappa shape index (κ3) is 7.81. The highest BCUT2D eigenvalue weighted by Crippen LogP contribution is 2.20. The summed E-state index contributed by atoms with van der Waals surface area (Å²) in [5.41, 5.74) is 0.376. The van der Waals surface area contributed by atoms with Crippen molar-refractivity contribution in [3.8, 4) is 0 Å². The minimum atomic E-state index is 0.376. The number of quaternary nitrogens is 1.